The van der Waals surface area contributed by atoms with Crippen molar-refractivity contribution in [2.24, 2.45) is 0 Å². The number of hydrogen-bond acceptors (Lipinski definition) is 0. The third kappa shape index (κ3) is 1590. The Balaban J connectivity index is 0. The van der Waals surface area contributed by atoms with Gasteiger partial charge in [0.05, 0.1) is 0 Å². The summed E-state index contributed by atoms with van der Waals surface area (Å²) >= 11 is 0. The second kappa shape index (κ2) is 1620. The third-order valence-corrected chi connectivity index (χ3v) is 0. The van der Waals surface area contributed by atoms with Crippen LogP contribution in [0.5, 0.6) is 0 Å². The Labute approximate surface area is 1450 Å². The van der Waals surface area contributed by atoms with Crippen LogP contribution in [-0.4, -0.2) is 273 Å². The number of hydrogen-bond donors (Lipinski definition) is 0. The van der Waals surface area contributed by atoms with Crippen molar-refractivity contribution in [3.8, 4) is 0 Å². The van der Waals surface area contributed by atoms with Gasteiger partial charge in [0.1, 0.15) is 0 Å². The summed E-state index contributed by atoms with van der Waals surface area (Å²) in [5.74, 6) is 0. The summed E-state index contributed by atoms with van der Waals surface area (Å²) in [4.78, 5) is 0. The normalized spacial score (nSPS) is 0. The van der Waals surface area contributed by atoms with Gasteiger partial charge < -0.3 is 1210 Å². The molecule has 0 amide bonds. The molecule has 0 heterocycles. The average molecular weight is 4960 g/mol. The molecule has 0 aromatic rings. The molecule has 0 N–H and O–H groups in total. The molecule has 100 heteroatoms. The first-order chi connectivity index (χ1) is 0. The molecule has 0 atom stereocenters. The molecule has 20 radical (unpaired) electrons. The van der Waals surface area contributed by atoms with E-state index in [4.69, 9.17) is 0 Å². The first-order valence-corrected chi connectivity index (χ1v) is 0. The third-order valence-electron chi connectivity index (χ3n) is 0. The summed E-state index contributed by atoms with van der Waals surface area (Å²) in [6.07, 6.45) is 0. The van der Waals surface area contributed by atoms with Gasteiger partial charge in [0.2, 0.25) is 0 Å². The van der Waals surface area contributed by atoms with E-state index in [1.54, 1.807) is 0 Å². The van der Waals surface area contributed by atoms with Gasteiger partial charge in [-0.2, -0.15) is 0 Å². The van der Waals surface area contributed by atoms with E-state index in [9.17, 15) is 0 Å². The van der Waals surface area contributed by atoms with Gasteiger partial charge in [-0.05, 0) is 0 Å². The maximum Gasteiger partial charge on any atom is 2.00 e. The van der Waals surface area contributed by atoms with Crippen LogP contribution in [0.25, 0.3) is 0 Å². The van der Waals surface area contributed by atoms with Crippen LogP contribution in [0.4, 0.5) is 0 Å². The van der Waals surface area contributed by atoms with Gasteiger partial charge in [0.15, 0.2) is 0 Å². The fraction of sp³-hybridized carbons (Fsp3) is 0. The topological polar surface area (TPSA) is 0 Å². The average Bonchev–Trinajstić information content (AvgIpc) is 0. The molecule has 0 fully saturated rings. The fourth-order valence-electron chi connectivity index (χ4n) is 0. The van der Waals surface area contributed by atoms with Gasteiger partial charge in [0.25, 0.3) is 0 Å². The molecule has 0 aliphatic rings. The van der Waals surface area contributed by atoms with Gasteiger partial charge in [-0.25, -0.2) is 0 Å². The molecule has 100 heavy (non-hydrogen) atoms. The van der Waals surface area contributed by atoms with Crippen molar-refractivity contribution in [3.05, 3.63) is 0 Å². The monoisotopic (exact) mass is 4960 g/mol. The summed E-state index contributed by atoms with van der Waals surface area (Å²) in [5.41, 5.74) is 0. The van der Waals surface area contributed by atoms with Gasteiger partial charge in [0, 0.05) is 0 Å². The van der Waals surface area contributed by atoms with Gasteiger partial charge in [-0.15, -0.1) is 0 Å². The first-order valence-electron chi connectivity index (χ1n) is 0. The summed E-state index contributed by atoms with van der Waals surface area (Å²) in [6, 6.07) is 0. The molecule has 0 aliphatic carbocycles. The predicted molar refractivity (Wildman–Crippen MR) is 720 cm³/mol. The van der Waals surface area contributed by atoms with Crippen LogP contribution in [0.2, 0.25) is 0 Å². The van der Waals surface area contributed by atoms with Crippen LogP contribution in [-0.2, 0) is 1210 Å². The van der Waals surface area contributed by atoms with E-state index >= 15 is 0 Å². The zero-order valence-electron chi connectivity index (χ0n) is 41.7. The van der Waals surface area contributed by atoms with Gasteiger partial charge >= 0.3 is 273 Å². The van der Waals surface area contributed by atoms with Gasteiger partial charge in [-0.3, -0.25) is 0 Å². The van der Waals surface area contributed by atoms with Crippen molar-refractivity contribution in [2.45, 2.75) is 0 Å². The van der Waals surface area contributed by atoms with Crippen LogP contribution in [0.3, 0.4) is 0 Å². The Morgan fingerprint density at radius 3 is 0.0200 bits per heavy atom. The van der Waals surface area contributed by atoms with Crippen molar-refractivity contribution >= 4 is 1490 Å². The zero-order valence-corrected chi connectivity index (χ0v) is 154. The van der Waals surface area contributed by atoms with Crippen molar-refractivity contribution < 1.29 is 0 Å². The van der Waals surface area contributed by atoms with Crippen molar-refractivity contribution in [1.82, 2.24) is 0 Å². The fourth-order valence-corrected chi connectivity index (χ4v) is 0. The summed E-state index contributed by atoms with van der Waals surface area (Å²) in [5, 5.41) is 0. The quantitative estimate of drug-likeness (QED) is 0.218. The van der Waals surface area contributed by atoms with Crippen molar-refractivity contribution in [2.75, 3.05) is 0 Å². The Hall–Kier alpha value is 40.7. The van der Waals surface area contributed by atoms with E-state index in [-0.39, 0.29) is 1490 Å². The van der Waals surface area contributed by atoms with E-state index in [1.807, 2.05) is 0 Å². The molecular formula is Pb10S90-160. The first kappa shape index (κ1) is 1660. The Morgan fingerprint density at radius 2 is 0.0200 bits per heavy atom. The van der Waals surface area contributed by atoms with Crippen LogP contribution in [0.15, 0.2) is 0 Å². The summed E-state index contributed by atoms with van der Waals surface area (Å²) < 4.78 is 0. The minimum absolute atomic E-state index is 0. The smallest absolute Gasteiger partial charge is 2.00 e. The predicted octanol–water partition coefficient (Wildman–Crippen LogP) is -4.02. The van der Waals surface area contributed by atoms with Crippen LogP contribution in [0.1, 0.15) is 0 Å². The minimum Gasteiger partial charge on any atom is -2.00 e. The minimum atomic E-state index is 0. The molecular weight excluding hydrogens is 4960 g/mol. The van der Waals surface area contributed by atoms with Crippen molar-refractivity contribution in [1.29, 1.82) is 0 Å². The molecule has 0 saturated heterocycles. The van der Waals surface area contributed by atoms with E-state index in [0.717, 1.165) is 0 Å². The SMILES string of the molecule is [Pb+2].[Pb+2].[Pb+2].[Pb+2].[Pb+2].[Pb+2].[Pb+2].[Pb+2].[Pb+2].[Pb+2].[S-2].[S-2].[S-2].[S-2].[S-2].[S-2].[S-2].[S-2].[S-2].[S-2].[S-2].[S-2].[S-2].[S-2].[S-2].[S-2].[S-2].[S-2].[S-2].[S-2].[S-2].[S-2].[S-2].[S-2].[S-2].[S-2].[S-2].[S-2].[S-2].[S-2].[S-2].[S-2].[S-2].[S-2].[S-2].[S-2].[S-2].[S-2].[S-2].[S-2].[S-2].[S-2].[S-2].[S-2].[S-2].[S-2].[S-2].[S-2].[S-2].[S-2].[S-2].[S-2].[S-2].[S-2].[S-2].[S-2].[S-2].[S-2].[S-2].[S-2].[S-2].[S-2].[S-2].[S-2].[S-2].[S-2].[S-2].[S-2].[S-2].[S-2].[S-2].[S-2].[S-2].[S-2].[S-2].[S-2].[S-2].[S-2].[S-2].[S-2].[S-2].[S-2].[S-2].[S-2].[S-2].[S-2].[S-2].[S-2].[S-2].[S-2]. The molecule has 0 aromatic heterocycles. The van der Waals surface area contributed by atoms with Crippen LogP contribution < -0.4 is 0 Å². The maximum atomic E-state index is 0. The largest absolute Gasteiger partial charge is 2.00 e. The van der Waals surface area contributed by atoms with Crippen LogP contribution >= 0.6 is 0 Å². The molecule has 0 saturated carbocycles. The zero-order chi connectivity index (χ0) is 0. The van der Waals surface area contributed by atoms with Gasteiger partial charge in [-0.1, -0.05) is 0 Å². The Morgan fingerprint density at radius 1 is 0.0200 bits per heavy atom. The van der Waals surface area contributed by atoms with E-state index in [0.29, 0.717) is 0 Å². The molecule has 0 rings (SSSR count). The standard InChI is InChI=1S/10Pb.90S/q10*+2;90*-2. The summed E-state index contributed by atoms with van der Waals surface area (Å²) in [7, 11) is 0. The molecule has 740 valence electrons. The molecule has 0 nitrogen and oxygen atoms in total. The second-order valence-electron chi connectivity index (χ2n) is 0. The summed E-state index contributed by atoms with van der Waals surface area (Å²) in [6.45, 7) is 0. The Kier molecular flexibility index (Phi) is 26900. The Bertz CT molecular complexity index is 46.9. The molecule has 0 bridgehead atoms. The van der Waals surface area contributed by atoms with E-state index < -0.39 is 0 Å². The molecule has 0 aromatic carbocycles. The molecule has 0 aliphatic heterocycles. The second-order valence-corrected chi connectivity index (χ2v) is 0. The maximum absolute atomic E-state index is 0. The van der Waals surface area contributed by atoms with Crippen molar-refractivity contribution in [3.63, 3.8) is 0 Å². The van der Waals surface area contributed by atoms with E-state index in [1.165, 1.54) is 0 Å². The molecule has 0 spiro atoms. The molecule has 0 unspecified atom stereocenters. The number of rotatable bonds is 0. The van der Waals surface area contributed by atoms with Crippen LogP contribution in [0, 0.1) is 0 Å². The van der Waals surface area contributed by atoms with E-state index in [2.05, 4.69) is 0 Å².